The van der Waals surface area contributed by atoms with Crippen molar-refractivity contribution in [2.45, 2.75) is 11.1 Å². The van der Waals surface area contributed by atoms with Crippen LogP contribution in [0.5, 0.6) is 5.88 Å². The van der Waals surface area contributed by atoms with E-state index in [1.54, 1.807) is 60.7 Å². The van der Waals surface area contributed by atoms with Crippen LogP contribution in [0.4, 0.5) is 24.5 Å². The van der Waals surface area contributed by atoms with E-state index >= 15 is 0 Å². The van der Waals surface area contributed by atoms with Crippen LogP contribution < -0.4 is 4.72 Å². The number of aromatic hydroxyl groups is 1. The molecule has 10 heteroatoms. The number of halogens is 3. The number of aromatic nitrogens is 1. The predicted molar refractivity (Wildman–Crippen MR) is 140 cm³/mol. The molecule has 0 aliphatic heterocycles. The zero-order valence-corrected chi connectivity index (χ0v) is 20.4. The van der Waals surface area contributed by atoms with Crippen molar-refractivity contribution in [1.29, 1.82) is 0 Å². The normalized spacial score (nSPS) is 12.6. The summed E-state index contributed by atoms with van der Waals surface area (Å²) in [6.07, 6.45) is -4.49. The molecule has 0 unspecified atom stereocenters. The standard InChI is InChI=1S/C28H20F3N3O3S/c29-28(30,31)19-11-13-20(14-12-19)32-26(18-7-3-1-4-8-18)25-23-17-22(15-16-24(23)33-27(25)35)38(36,37)34-21-9-5-2-6-10-21/h1-17,33-35H. The van der Waals surface area contributed by atoms with Gasteiger partial charge in [-0.3, -0.25) is 4.72 Å². The van der Waals surface area contributed by atoms with Crippen LogP contribution >= 0.6 is 0 Å². The monoisotopic (exact) mass is 535 g/mol. The first kappa shape index (κ1) is 25.1. The third-order valence-electron chi connectivity index (χ3n) is 5.81. The minimum absolute atomic E-state index is 0.0453. The third-order valence-corrected chi connectivity index (χ3v) is 7.19. The summed E-state index contributed by atoms with van der Waals surface area (Å²) < 4.78 is 67.9. The zero-order chi connectivity index (χ0) is 26.9. The smallest absolute Gasteiger partial charge is 0.416 e. The Morgan fingerprint density at radius 2 is 1.47 bits per heavy atom. The molecule has 0 radical (unpaired) electrons. The number of nitrogens with zero attached hydrogens (tertiary/aromatic N) is 1. The molecule has 1 aromatic heterocycles. The highest BCUT2D eigenvalue weighted by Crippen LogP contribution is 2.34. The Morgan fingerprint density at radius 3 is 2.11 bits per heavy atom. The number of rotatable bonds is 6. The van der Waals surface area contributed by atoms with Crippen molar-refractivity contribution in [3.8, 4) is 5.88 Å². The molecule has 0 amide bonds. The highest BCUT2D eigenvalue weighted by molar-refractivity contribution is 7.92. The molecule has 0 fully saturated rings. The second kappa shape index (κ2) is 9.71. The molecule has 0 bridgehead atoms. The van der Waals surface area contributed by atoms with Gasteiger partial charge in [0.05, 0.1) is 27.4 Å². The largest absolute Gasteiger partial charge is 0.494 e. The van der Waals surface area contributed by atoms with E-state index in [-0.39, 0.29) is 27.7 Å². The molecule has 0 aliphatic carbocycles. The lowest BCUT2D eigenvalue weighted by molar-refractivity contribution is -0.137. The Kier molecular flexibility index (Phi) is 6.41. The Hall–Kier alpha value is -4.57. The molecular formula is C28H20F3N3O3S. The maximum absolute atomic E-state index is 13.1. The molecule has 5 aromatic rings. The molecule has 1 heterocycles. The number of nitrogens with one attached hydrogen (secondary N) is 2. The van der Waals surface area contributed by atoms with E-state index in [0.717, 1.165) is 12.1 Å². The van der Waals surface area contributed by atoms with Gasteiger partial charge in [-0.15, -0.1) is 0 Å². The van der Waals surface area contributed by atoms with Crippen LogP contribution in [0.3, 0.4) is 0 Å². The Labute approximate surface area is 216 Å². The fourth-order valence-electron chi connectivity index (χ4n) is 4.00. The summed E-state index contributed by atoms with van der Waals surface area (Å²) in [5.74, 6) is -0.264. The van der Waals surface area contributed by atoms with Gasteiger partial charge in [0.15, 0.2) is 5.88 Å². The van der Waals surface area contributed by atoms with Crippen molar-refractivity contribution in [3.05, 3.63) is 120 Å². The number of fused-ring (bicyclic) bond motifs is 1. The summed E-state index contributed by atoms with van der Waals surface area (Å²) in [5, 5.41) is 11.2. The van der Waals surface area contributed by atoms with Gasteiger partial charge in [0.25, 0.3) is 10.0 Å². The van der Waals surface area contributed by atoms with Gasteiger partial charge in [-0.1, -0.05) is 48.5 Å². The molecule has 0 atom stereocenters. The van der Waals surface area contributed by atoms with Crippen molar-refractivity contribution < 1.29 is 26.7 Å². The van der Waals surface area contributed by atoms with Crippen LogP contribution in [-0.4, -0.2) is 24.2 Å². The molecule has 3 N–H and O–H groups in total. The predicted octanol–water partition coefficient (Wildman–Crippen LogP) is 6.86. The molecule has 0 saturated heterocycles. The molecule has 0 saturated carbocycles. The van der Waals surface area contributed by atoms with Gasteiger partial charge in [-0.25, -0.2) is 13.4 Å². The Morgan fingerprint density at radius 1 is 0.842 bits per heavy atom. The first-order valence-corrected chi connectivity index (χ1v) is 12.8. The molecular weight excluding hydrogens is 515 g/mol. The van der Waals surface area contributed by atoms with Gasteiger partial charge in [0, 0.05) is 22.2 Å². The highest BCUT2D eigenvalue weighted by atomic mass is 32.2. The first-order chi connectivity index (χ1) is 18.1. The number of anilines is 1. The number of aromatic amines is 1. The summed E-state index contributed by atoms with van der Waals surface area (Å²) in [5.41, 5.74) is 1.28. The van der Waals surface area contributed by atoms with E-state index in [4.69, 9.17) is 0 Å². The van der Waals surface area contributed by atoms with Crippen molar-refractivity contribution in [2.75, 3.05) is 4.72 Å². The summed E-state index contributed by atoms with van der Waals surface area (Å²) in [6.45, 7) is 0. The number of H-pyrrole nitrogens is 1. The summed E-state index contributed by atoms with van der Waals surface area (Å²) in [4.78, 5) is 7.36. The number of aliphatic imine (C=N–C) groups is 1. The van der Waals surface area contributed by atoms with Crippen LogP contribution in [0.2, 0.25) is 0 Å². The topological polar surface area (TPSA) is 94.5 Å². The minimum atomic E-state index is -4.49. The Balaban J connectivity index is 1.65. The van der Waals surface area contributed by atoms with Crippen LogP contribution in [-0.2, 0) is 16.2 Å². The second-order valence-electron chi connectivity index (χ2n) is 8.40. The number of hydrogen-bond acceptors (Lipinski definition) is 4. The first-order valence-electron chi connectivity index (χ1n) is 11.4. The number of para-hydroxylation sites is 1. The lowest BCUT2D eigenvalue weighted by Crippen LogP contribution is -2.12. The summed E-state index contributed by atoms with van der Waals surface area (Å²) in [7, 11) is -3.97. The minimum Gasteiger partial charge on any atom is -0.494 e. The van der Waals surface area contributed by atoms with Crippen LogP contribution in [0, 0.1) is 0 Å². The fraction of sp³-hybridized carbons (Fsp3) is 0.0357. The van der Waals surface area contributed by atoms with E-state index in [2.05, 4.69) is 14.7 Å². The lowest BCUT2D eigenvalue weighted by atomic mass is 10.0. The summed E-state index contributed by atoms with van der Waals surface area (Å²) >= 11 is 0. The molecule has 6 nitrogen and oxygen atoms in total. The van der Waals surface area contributed by atoms with Gasteiger partial charge < -0.3 is 10.1 Å². The van der Waals surface area contributed by atoms with Crippen LogP contribution in [0.25, 0.3) is 10.9 Å². The van der Waals surface area contributed by atoms with Gasteiger partial charge in [-0.05, 0) is 54.6 Å². The zero-order valence-electron chi connectivity index (χ0n) is 19.6. The van der Waals surface area contributed by atoms with Crippen molar-refractivity contribution in [2.24, 2.45) is 4.99 Å². The molecule has 5 rings (SSSR count). The van der Waals surface area contributed by atoms with E-state index < -0.39 is 21.8 Å². The van der Waals surface area contributed by atoms with Crippen molar-refractivity contribution in [3.63, 3.8) is 0 Å². The van der Waals surface area contributed by atoms with Gasteiger partial charge in [0.2, 0.25) is 0 Å². The average molecular weight is 536 g/mol. The molecule has 38 heavy (non-hydrogen) atoms. The second-order valence-corrected chi connectivity index (χ2v) is 10.1. The van der Waals surface area contributed by atoms with E-state index in [1.165, 1.54) is 30.3 Å². The van der Waals surface area contributed by atoms with Gasteiger partial charge in [0.1, 0.15) is 0 Å². The molecule has 192 valence electrons. The quantitative estimate of drug-likeness (QED) is 0.207. The molecule has 0 spiro atoms. The maximum atomic E-state index is 13.1. The Bertz CT molecular complexity index is 1730. The van der Waals surface area contributed by atoms with Gasteiger partial charge in [-0.2, -0.15) is 13.2 Å². The fourth-order valence-corrected chi connectivity index (χ4v) is 5.08. The average Bonchev–Trinajstić information content (AvgIpc) is 3.22. The number of sulfonamides is 1. The van der Waals surface area contributed by atoms with E-state index in [9.17, 15) is 26.7 Å². The van der Waals surface area contributed by atoms with E-state index in [1.807, 2.05) is 0 Å². The lowest BCUT2D eigenvalue weighted by Gasteiger charge is -2.10. The van der Waals surface area contributed by atoms with E-state index in [0.29, 0.717) is 22.2 Å². The number of hydrogen-bond donors (Lipinski definition) is 3. The van der Waals surface area contributed by atoms with Crippen molar-refractivity contribution >= 4 is 38.0 Å². The SMILES string of the molecule is O=S(=O)(Nc1ccccc1)c1ccc2[nH]c(O)c(C(=Nc3ccc(C(F)(F)F)cc3)c3ccccc3)c2c1. The molecule has 4 aromatic carbocycles. The highest BCUT2D eigenvalue weighted by Gasteiger charge is 2.30. The van der Waals surface area contributed by atoms with Crippen LogP contribution in [0.15, 0.2) is 113 Å². The third kappa shape index (κ3) is 5.12. The number of alkyl halides is 3. The number of benzene rings is 4. The van der Waals surface area contributed by atoms with Crippen LogP contribution in [0.1, 0.15) is 16.7 Å². The maximum Gasteiger partial charge on any atom is 0.416 e. The van der Waals surface area contributed by atoms with Crippen molar-refractivity contribution in [1.82, 2.24) is 4.98 Å². The van der Waals surface area contributed by atoms with Gasteiger partial charge >= 0.3 is 6.18 Å². The molecule has 0 aliphatic rings. The summed E-state index contributed by atoms with van der Waals surface area (Å²) in [6, 6.07) is 25.8.